The highest BCUT2D eigenvalue weighted by molar-refractivity contribution is 7.97. The van der Waals surface area contributed by atoms with E-state index in [4.69, 9.17) is 0 Å². The summed E-state index contributed by atoms with van der Waals surface area (Å²) in [7, 11) is 4.41. The number of nitrogens with one attached hydrogen (secondary N) is 3. The summed E-state index contributed by atoms with van der Waals surface area (Å²) in [6, 6.07) is 19.2. The van der Waals surface area contributed by atoms with E-state index < -0.39 is 0 Å². The molecule has 0 unspecified atom stereocenters. The largest absolute Gasteiger partial charge is 0.361 e. The van der Waals surface area contributed by atoms with Gasteiger partial charge in [-0.25, -0.2) is 4.79 Å². The molecular weight excluding hydrogens is 428 g/mol. The number of rotatable bonds is 9. The van der Waals surface area contributed by atoms with E-state index >= 15 is 0 Å². The Balaban J connectivity index is 1.13. The maximum absolute atomic E-state index is 12.2. The molecule has 4 rings (SSSR count). The number of para-hydroxylation sites is 1. The zero-order valence-electron chi connectivity index (χ0n) is 19.8. The van der Waals surface area contributed by atoms with E-state index in [0.717, 1.165) is 30.7 Å². The van der Waals surface area contributed by atoms with E-state index in [0.29, 0.717) is 5.92 Å². The molecule has 0 spiro atoms. The minimum atomic E-state index is -0.0818. The van der Waals surface area contributed by atoms with Crippen LogP contribution in [0.25, 0.3) is 10.9 Å². The van der Waals surface area contributed by atoms with Crippen LogP contribution in [-0.2, 0) is 12.0 Å². The van der Waals surface area contributed by atoms with Crippen LogP contribution < -0.4 is 10.0 Å². The Morgan fingerprint density at radius 2 is 1.82 bits per heavy atom. The molecule has 1 aliphatic rings. The molecule has 2 amide bonds. The van der Waals surface area contributed by atoms with Crippen LogP contribution >= 0.6 is 11.9 Å². The van der Waals surface area contributed by atoms with Crippen LogP contribution in [-0.4, -0.2) is 42.3 Å². The highest BCUT2D eigenvalue weighted by atomic mass is 32.2. The van der Waals surface area contributed by atoms with E-state index in [9.17, 15) is 4.79 Å². The van der Waals surface area contributed by atoms with Crippen molar-refractivity contribution in [1.82, 2.24) is 19.9 Å². The SMILES string of the molecule is CN(C)C1(c2ccccc2)CCC(CCNC(=O)NSCCc2c[nH]c3ccccc23)CC1. The number of urea groups is 1. The normalized spacial score (nSPS) is 20.8. The summed E-state index contributed by atoms with van der Waals surface area (Å²) in [6.45, 7) is 0.736. The number of carbonyl (C=O) groups is 1. The monoisotopic (exact) mass is 464 g/mol. The molecule has 1 aromatic heterocycles. The summed E-state index contributed by atoms with van der Waals surface area (Å²) in [5.41, 5.74) is 4.03. The van der Waals surface area contributed by atoms with Crippen molar-refractivity contribution in [3.63, 3.8) is 0 Å². The van der Waals surface area contributed by atoms with Gasteiger partial charge in [0.2, 0.25) is 0 Å². The van der Waals surface area contributed by atoms with Gasteiger partial charge in [0, 0.05) is 34.9 Å². The predicted molar refractivity (Wildman–Crippen MR) is 139 cm³/mol. The van der Waals surface area contributed by atoms with Crippen molar-refractivity contribution in [2.75, 3.05) is 26.4 Å². The Hall–Kier alpha value is -2.44. The molecule has 1 heterocycles. The summed E-state index contributed by atoms with van der Waals surface area (Å²) in [6.07, 6.45) is 8.79. The first-order valence-electron chi connectivity index (χ1n) is 12.0. The van der Waals surface area contributed by atoms with Crippen LogP contribution in [0.15, 0.2) is 60.8 Å². The molecule has 0 bridgehead atoms. The summed E-state index contributed by atoms with van der Waals surface area (Å²) in [5.74, 6) is 1.53. The van der Waals surface area contributed by atoms with Crippen LogP contribution in [0.1, 0.15) is 43.2 Å². The molecule has 1 aliphatic carbocycles. The standard InChI is InChI=1S/C27H36N4OS/c1-31(2)27(23-8-4-3-5-9-23)16-12-21(13-17-27)14-18-28-26(32)30-33-19-15-22-20-29-25-11-7-6-10-24(22)25/h3-11,20-21,29H,12-19H2,1-2H3,(H2,28,30,32). The minimum Gasteiger partial charge on any atom is -0.361 e. The van der Waals surface area contributed by atoms with Gasteiger partial charge in [-0.3, -0.25) is 9.62 Å². The maximum Gasteiger partial charge on any atom is 0.324 e. The third kappa shape index (κ3) is 5.74. The third-order valence-electron chi connectivity index (χ3n) is 7.25. The second-order valence-corrected chi connectivity index (χ2v) is 10.2. The summed E-state index contributed by atoms with van der Waals surface area (Å²) >= 11 is 1.47. The van der Waals surface area contributed by atoms with Crippen LogP contribution in [0.4, 0.5) is 4.79 Å². The first kappa shape index (κ1) is 23.7. The number of aromatic amines is 1. The highest BCUT2D eigenvalue weighted by Crippen LogP contribution is 2.43. The maximum atomic E-state index is 12.2. The molecule has 5 nitrogen and oxygen atoms in total. The van der Waals surface area contributed by atoms with Gasteiger partial charge in [0.15, 0.2) is 0 Å². The van der Waals surface area contributed by atoms with Gasteiger partial charge in [0.1, 0.15) is 0 Å². The molecule has 3 N–H and O–H groups in total. The fourth-order valence-corrected chi connectivity index (χ4v) is 5.86. The summed E-state index contributed by atoms with van der Waals surface area (Å²) in [5, 5.41) is 4.31. The van der Waals surface area contributed by atoms with Gasteiger partial charge in [-0.1, -0.05) is 48.5 Å². The fraction of sp³-hybridized carbons (Fsp3) is 0.444. The second-order valence-electron chi connectivity index (χ2n) is 9.34. The Morgan fingerprint density at radius 3 is 2.58 bits per heavy atom. The number of aromatic nitrogens is 1. The first-order valence-corrected chi connectivity index (χ1v) is 13.0. The molecule has 33 heavy (non-hydrogen) atoms. The molecular formula is C27H36N4OS. The number of amides is 2. The van der Waals surface area contributed by atoms with E-state index in [1.54, 1.807) is 0 Å². The molecule has 0 aliphatic heterocycles. The van der Waals surface area contributed by atoms with Crippen molar-refractivity contribution in [3.8, 4) is 0 Å². The predicted octanol–water partition coefficient (Wildman–Crippen LogP) is 5.70. The van der Waals surface area contributed by atoms with Gasteiger partial charge >= 0.3 is 6.03 Å². The van der Waals surface area contributed by atoms with Gasteiger partial charge in [-0.15, -0.1) is 0 Å². The molecule has 3 aromatic rings. The summed E-state index contributed by atoms with van der Waals surface area (Å²) < 4.78 is 2.93. The van der Waals surface area contributed by atoms with E-state index in [2.05, 4.69) is 88.7 Å². The first-order chi connectivity index (χ1) is 16.1. The van der Waals surface area contributed by atoms with Gasteiger partial charge < -0.3 is 10.3 Å². The lowest BCUT2D eigenvalue weighted by atomic mass is 9.71. The highest BCUT2D eigenvalue weighted by Gasteiger charge is 2.38. The zero-order chi connectivity index (χ0) is 23.1. The Morgan fingerprint density at radius 1 is 1.09 bits per heavy atom. The van der Waals surface area contributed by atoms with Crippen molar-refractivity contribution < 1.29 is 4.79 Å². The number of hydrogen-bond donors (Lipinski definition) is 3. The molecule has 2 aromatic carbocycles. The average Bonchev–Trinajstić information content (AvgIpc) is 3.26. The van der Waals surface area contributed by atoms with Crippen molar-refractivity contribution in [2.45, 2.75) is 44.1 Å². The minimum absolute atomic E-state index is 0.0818. The number of benzene rings is 2. The third-order valence-corrected chi connectivity index (χ3v) is 7.99. The Kier molecular flexibility index (Phi) is 7.99. The van der Waals surface area contributed by atoms with Crippen molar-refractivity contribution >= 4 is 28.9 Å². The lowest BCUT2D eigenvalue weighted by Gasteiger charge is -2.45. The van der Waals surface area contributed by atoms with Crippen LogP contribution in [0.2, 0.25) is 0 Å². The average molecular weight is 465 g/mol. The lowest BCUT2D eigenvalue weighted by Crippen LogP contribution is -2.44. The topological polar surface area (TPSA) is 60.2 Å². The Labute approximate surface area is 201 Å². The van der Waals surface area contributed by atoms with Crippen molar-refractivity contribution in [3.05, 3.63) is 71.9 Å². The van der Waals surface area contributed by atoms with E-state index in [1.807, 2.05) is 6.07 Å². The quantitative estimate of drug-likeness (QED) is 0.281. The van der Waals surface area contributed by atoms with Gasteiger partial charge in [-0.05, 0) is 87.7 Å². The molecule has 0 atom stereocenters. The van der Waals surface area contributed by atoms with Crippen LogP contribution in [0.5, 0.6) is 0 Å². The number of nitrogens with zero attached hydrogens (tertiary/aromatic N) is 1. The number of aryl methyl sites for hydroxylation is 1. The molecule has 0 radical (unpaired) electrons. The number of hydrogen-bond acceptors (Lipinski definition) is 3. The van der Waals surface area contributed by atoms with E-state index in [-0.39, 0.29) is 11.6 Å². The Bertz CT molecular complexity index is 1020. The van der Waals surface area contributed by atoms with Crippen LogP contribution in [0.3, 0.4) is 0 Å². The number of fused-ring (bicyclic) bond motifs is 1. The smallest absolute Gasteiger partial charge is 0.324 e. The van der Waals surface area contributed by atoms with Crippen LogP contribution in [0, 0.1) is 5.92 Å². The lowest BCUT2D eigenvalue weighted by molar-refractivity contribution is 0.0754. The fourth-order valence-electron chi connectivity index (χ4n) is 5.23. The van der Waals surface area contributed by atoms with Crippen molar-refractivity contribution in [2.24, 2.45) is 5.92 Å². The van der Waals surface area contributed by atoms with Gasteiger partial charge in [0.05, 0.1) is 0 Å². The summed E-state index contributed by atoms with van der Waals surface area (Å²) in [4.78, 5) is 17.9. The number of H-pyrrole nitrogens is 1. The van der Waals surface area contributed by atoms with E-state index in [1.165, 1.54) is 54.1 Å². The molecule has 6 heteroatoms. The molecule has 176 valence electrons. The zero-order valence-corrected chi connectivity index (χ0v) is 20.6. The molecule has 1 fully saturated rings. The van der Waals surface area contributed by atoms with Crippen molar-refractivity contribution in [1.29, 1.82) is 0 Å². The number of carbonyl (C=O) groups excluding carboxylic acids is 1. The molecule has 1 saturated carbocycles. The molecule has 0 saturated heterocycles. The second kappa shape index (κ2) is 11.1. The van der Waals surface area contributed by atoms with Gasteiger partial charge in [0.25, 0.3) is 0 Å². The van der Waals surface area contributed by atoms with Gasteiger partial charge in [-0.2, -0.15) is 0 Å².